The predicted octanol–water partition coefficient (Wildman–Crippen LogP) is 1.81. The molecule has 2 aromatic rings. The number of rotatable bonds is 3. The van der Waals surface area contributed by atoms with E-state index in [2.05, 4.69) is 15.4 Å². The Bertz CT molecular complexity index is 603. The first kappa shape index (κ1) is 12.5. The topological polar surface area (TPSA) is 68.8 Å². The molecule has 0 saturated carbocycles. The Kier molecular flexibility index (Phi) is 3.29. The minimum atomic E-state index is 0.365. The van der Waals surface area contributed by atoms with Crippen LogP contribution in [-0.2, 0) is 7.05 Å². The van der Waals surface area contributed by atoms with E-state index in [-0.39, 0.29) is 0 Å². The molecular formula is C12H15N5S. The molecule has 0 radical (unpaired) electrons. The first-order valence-corrected chi connectivity index (χ1v) is 5.92. The van der Waals surface area contributed by atoms with Gasteiger partial charge in [0.1, 0.15) is 16.6 Å². The Morgan fingerprint density at radius 1 is 1.28 bits per heavy atom. The third-order valence-electron chi connectivity index (χ3n) is 2.50. The van der Waals surface area contributed by atoms with Gasteiger partial charge in [-0.25, -0.2) is 4.98 Å². The van der Waals surface area contributed by atoms with Crippen LogP contribution in [-0.4, -0.2) is 19.8 Å². The quantitative estimate of drug-likeness (QED) is 0.825. The average Bonchev–Trinajstić information content (AvgIpc) is 2.56. The zero-order valence-electron chi connectivity index (χ0n) is 10.6. The van der Waals surface area contributed by atoms with Crippen molar-refractivity contribution >= 4 is 28.8 Å². The molecule has 94 valence electrons. The van der Waals surface area contributed by atoms with Crippen molar-refractivity contribution in [1.82, 2.24) is 14.8 Å². The maximum atomic E-state index is 5.64. The van der Waals surface area contributed by atoms with Gasteiger partial charge in [0.25, 0.3) is 0 Å². The Balaban J connectivity index is 2.34. The molecule has 0 unspecified atom stereocenters. The zero-order valence-corrected chi connectivity index (χ0v) is 11.4. The summed E-state index contributed by atoms with van der Waals surface area (Å²) in [7, 11) is 1.87. The molecule has 2 heterocycles. The molecule has 0 aliphatic heterocycles. The van der Waals surface area contributed by atoms with E-state index in [4.69, 9.17) is 18.0 Å². The second kappa shape index (κ2) is 4.73. The van der Waals surface area contributed by atoms with E-state index < -0.39 is 0 Å². The van der Waals surface area contributed by atoms with Crippen molar-refractivity contribution < 1.29 is 0 Å². The fraction of sp³-hybridized carbons (Fsp3) is 0.250. The summed E-state index contributed by atoms with van der Waals surface area (Å²) in [5, 5.41) is 7.47. The van der Waals surface area contributed by atoms with Gasteiger partial charge in [-0.3, -0.25) is 4.68 Å². The highest BCUT2D eigenvalue weighted by atomic mass is 32.1. The van der Waals surface area contributed by atoms with Gasteiger partial charge in [0.05, 0.1) is 5.69 Å². The number of pyridine rings is 1. The molecule has 0 atom stereocenters. The first-order valence-electron chi connectivity index (χ1n) is 5.52. The number of hydrogen-bond donors (Lipinski definition) is 2. The van der Waals surface area contributed by atoms with E-state index in [1.807, 2.05) is 39.1 Å². The van der Waals surface area contributed by atoms with Crippen molar-refractivity contribution in [1.29, 1.82) is 0 Å². The highest BCUT2D eigenvalue weighted by Gasteiger charge is 2.06. The molecule has 0 fully saturated rings. The molecule has 18 heavy (non-hydrogen) atoms. The summed E-state index contributed by atoms with van der Waals surface area (Å²) < 4.78 is 1.76. The molecule has 0 bridgehead atoms. The molecule has 0 aliphatic rings. The summed E-state index contributed by atoms with van der Waals surface area (Å²) in [5.41, 5.74) is 8.25. The van der Waals surface area contributed by atoms with E-state index in [0.717, 1.165) is 22.8 Å². The van der Waals surface area contributed by atoms with E-state index >= 15 is 0 Å². The number of nitrogens with zero attached hydrogens (tertiary/aromatic N) is 3. The van der Waals surface area contributed by atoms with Crippen LogP contribution >= 0.6 is 12.2 Å². The molecule has 5 nitrogen and oxygen atoms in total. The van der Waals surface area contributed by atoms with Crippen LogP contribution in [0.5, 0.6) is 0 Å². The van der Waals surface area contributed by atoms with Crippen molar-refractivity contribution in [3.63, 3.8) is 0 Å². The van der Waals surface area contributed by atoms with Gasteiger partial charge in [0, 0.05) is 24.4 Å². The predicted molar refractivity (Wildman–Crippen MR) is 76.1 cm³/mol. The van der Waals surface area contributed by atoms with Gasteiger partial charge in [-0.05, 0) is 26.0 Å². The maximum absolute atomic E-state index is 5.64. The lowest BCUT2D eigenvalue weighted by atomic mass is 10.2. The molecule has 6 heteroatoms. The van der Waals surface area contributed by atoms with Gasteiger partial charge in [0.2, 0.25) is 0 Å². The average molecular weight is 261 g/mol. The zero-order chi connectivity index (χ0) is 13.3. The van der Waals surface area contributed by atoms with Gasteiger partial charge in [-0.1, -0.05) is 12.2 Å². The highest BCUT2D eigenvalue weighted by molar-refractivity contribution is 7.80. The molecule has 0 amide bonds. The second-order valence-electron chi connectivity index (χ2n) is 4.17. The second-order valence-corrected chi connectivity index (χ2v) is 4.61. The molecule has 2 rings (SSSR count). The van der Waals surface area contributed by atoms with Crippen LogP contribution in [0.2, 0.25) is 0 Å². The first-order chi connectivity index (χ1) is 8.45. The lowest BCUT2D eigenvalue weighted by Gasteiger charge is -2.08. The minimum Gasteiger partial charge on any atom is -0.389 e. The van der Waals surface area contributed by atoms with Crippen molar-refractivity contribution in [2.75, 3.05) is 5.32 Å². The monoisotopic (exact) mass is 261 g/mol. The number of aromatic nitrogens is 3. The molecule has 3 N–H and O–H groups in total. The number of thiocarbonyl (C=S) groups is 1. The number of nitrogens with two attached hydrogens (primary N) is 1. The molecular weight excluding hydrogens is 246 g/mol. The van der Waals surface area contributed by atoms with Gasteiger partial charge < -0.3 is 11.1 Å². The SMILES string of the molecule is Cc1cc(C(N)=S)cc(Nc2cc(C)nn2C)n1. The normalized spacial score (nSPS) is 10.4. The number of hydrogen-bond acceptors (Lipinski definition) is 4. The lowest BCUT2D eigenvalue weighted by molar-refractivity contribution is 0.764. The van der Waals surface area contributed by atoms with E-state index in [1.165, 1.54) is 0 Å². The smallest absolute Gasteiger partial charge is 0.132 e. The van der Waals surface area contributed by atoms with Gasteiger partial charge in [-0.2, -0.15) is 5.10 Å². The highest BCUT2D eigenvalue weighted by Crippen LogP contribution is 2.17. The maximum Gasteiger partial charge on any atom is 0.132 e. The van der Waals surface area contributed by atoms with Crippen LogP contribution in [0, 0.1) is 13.8 Å². The van der Waals surface area contributed by atoms with Crippen LogP contribution < -0.4 is 11.1 Å². The van der Waals surface area contributed by atoms with E-state index in [1.54, 1.807) is 4.68 Å². The van der Waals surface area contributed by atoms with Crippen molar-refractivity contribution in [2.45, 2.75) is 13.8 Å². The molecule has 0 aromatic carbocycles. The molecule has 2 aromatic heterocycles. The van der Waals surface area contributed by atoms with Crippen LogP contribution in [0.1, 0.15) is 17.0 Å². The summed E-state index contributed by atoms with van der Waals surface area (Å²) in [6.07, 6.45) is 0. The Morgan fingerprint density at radius 3 is 2.56 bits per heavy atom. The van der Waals surface area contributed by atoms with Crippen molar-refractivity contribution in [3.8, 4) is 0 Å². The number of anilines is 2. The number of nitrogens with one attached hydrogen (secondary N) is 1. The Morgan fingerprint density at radius 2 is 2.00 bits per heavy atom. The summed E-state index contributed by atoms with van der Waals surface area (Å²) in [4.78, 5) is 4.76. The van der Waals surface area contributed by atoms with Crippen LogP contribution in [0.3, 0.4) is 0 Å². The Hall–Kier alpha value is -1.95. The summed E-state index contributed by atoms with van der Waals surface area (Å²) >= 11 is 4.98. The van der Waals surface area contributed by atoms with Crippen molar-refractivity contribution in [2.24, 2.45) is 12.8 Å². The fourth-order valence-corrected chi connectivity index (χ4v) is 1.85. The summed E-state index contributed by atoms with van der Waals surface area (Å²) in [6, 6.07) is 5.64. The van der Waals surface area contributed by atoms with E-state index in [0.29, 0.717) is 10.8 Å². The van der Waals surface area contributed by atoms with Gasteiger partial charge >= 0.3 is 0 Å². The van der Waals surface area contributed by atoms with Crippen LogP contribution in [0.15, 0.2) is 18.2 Å². The fourth-order valence-electron chi connectivity index (χ4n) is 1.73. The molecule has 0 saturated heterocycles. The summed E-state index contributed by atoms with van der Waals surface area (Å²) in [6.45, 7) is 3.84. The lowest BCUT2D eigenvalue weighted by Crippen LogP contribution is -2.11. The third-order valence-corrected chi connectivity index (χ3v) is 2.73. The van der Waals surface area contributed by atoms with Gasteiger partial charge in [0.15, 0.2) is 0 Å². The standard InChI is InChI=1S/C12H15N5S/c1-7-4-9(12(13)18)6-10(14-7)15-11-5-8(2)16-17(11)3/h4-6H,1-3H3,(H2,13,18)(H,14,15). The van der Waals surface area contributed by atoms with Crippen molar-refractivity contribution in [3.05, 3.63) is 35.2 Å². The minimum absolute atomic E-state index is 0.365. The molecule has 0 aliphatic carbocycles. The largest absolute Gasteiger partial charge is 0.389 e. The van der Waals surface area contributed by atoms with Gasteiger partial charge in [-0.15, -0.1) is 0 Å². The third kappa shape index (κ3) is 2.65. The summed E-state index contributed by atoms with van der Waals surface area (Å²) in [5.74, 6) is 1.58. The van der Waals surface area contributed by atoms with E-state index in [9.17, 15) is 0 Å². The Labute approximate surface area is 111 Å². The number of aryl methyl sites for hydroxylation is 3. The van der Waals surface area contributed by atoms with Crippen LogP contribution in [0.25, 0.3) is 0 Å². The van der Waals surface area contributed by atoms with Crippen LogP contribution in [0.4, 0.5) is 11.6 Å². The molecule has 0 spiro atoms.